The van der Waals surface area contributed by atoms with Gasteiger partial charge in [0, 0.05) is 18.9 Å². The maximum atomic E-state index is 6.24. The maximum absolute atomic E-state index is 6.24. The van der Waals surface area contributed by atoms with E-state index in [2.05, 4.69) is 27.3 Å². The number of fused-ring (bicyclic) bond motifs is 1. The van der Waals surface area contributed by atoms with Crippen molar-refractivity contribution in [2.75, 3.05) is 11.9 Å². The number of aromatic nitrogens is 5. The van der Waals surface area contributed by atoms with E-state index in [1.165, 1.54) is 0 Å². The highest BCUT2D eigenvalue weighted by molar-refractivity contribution is 6.31. The average molecular weight is 305 g/mol. The number of anilines is 1. The number of hydrogen-bond acceptors (Lipinski definition) is 4. The monoisotopic (exact) mass is 304 g/mol. The molecule has 3 rings (SSSR count). The van der Waals surface area contributed by atoms with Crippen molar-refractivity contribution in [3.8, 4) is 5.82 Å². The predicted octanol–water partition coefficient (Wildman–Crippen LogP) is 3.01. The first-order chi connectivity index (χ1) is 10.1. The Balaban J connectivity index is 2.19. The first-order valence-electron chi connectivity index (χ1n) is 6.91. The van der Waals surface area contributed by atoms with Crippen LogP contribution in [0.5, 0.6) is 0 Å². The van der Waals surface area contributed by atoms with Crippen LogP contribution < -0.4 is 5.32 Å². The Hall–Kier alpha value is -2.08. The Morgan fingerprint density at radius 2 is 2.14 bits per heavy atom. The minimum Gasteiger partial charge on any atom is -0.369 e. The van der Waals surface area contributed by atoms with Crippen molar-refractivity contribution >= 4 is 23.1 Å². The summed E-state index contributed by atoms with van der Waals surface area (Å²) in [7, 11) is 0. The fraction of sp³-hybridized carbons (Fsp3) is 0.357. The lowest BCUT2D eigenvalue weighted by atomic mass is 10.4. The summed E-state index contributed by atoms with van der Waals surface area (Å²) in [5.74, 6) is 1.47. The zero-order chi connectivity index (χ0) is 15.0. The molecule has 0 saturated heterocycles. The molecule has 0 saturated carbocycles. The van der Waals surface area contributed by atoms with Gasteiger partial charge in [0.1, 0.15) is 5.82 Å². The van der Waals surface area contributed by atoms with Crippen LogP contribution in [0, 0.1) is 13.8 Å². The lowest BCUT2D eigenvalue weighted by Gasteiger charge is -2.10. The van der Waals surface area contributed by atoms with Gasteiger partial charge in [-0.15, -0.1) is 0 Å². The van der Waals surface area contributed by atoms with E-state index >= 15 is 0 Å². The highest BCUT2D eigenvalue weighted by Gasteiger charge is 2.16. The van der Waals surface area contributed by atoms with Crippen LogP contribution in [0.2, 0.25) is 5.02 Å². The molecule has 3 aromatic rings. The number of imidazole rings is 1. The molecule has 0 bridgehead atoms. The minimum atomic E-state index is 0.661. The molecule has 0 aliphatic carbocycles. The average Bonchev–Trinajstić information content (AvgIpc) is 3.04. The number of halogens is 1. The predicted molar refractivity (Wildman–Crippen MR) is 83.4 cm³/mol. The molecule has 0 aromatic carbocycles. The first-order valence-corrected chi connectivity index (χ1v) is 7.29. The number of rotatable bonds is 4. The number of hydrogen-bond donors (Lipinski definition) is 1. The molecule has 0 unspecified atom stereocenters. The normalized spacial score (nSPS) is 11.2. The van der Waals surface area contributed by atoms with Crippen LogP contribution in [-0.4, -0.2) is 30.7 Å². The molecule has 0 aliphatic rings. The molecular formula is C14H17ClN6. The van der Waals surface area contributed by atoms with Crippen LogP contribution in [0.3, 0.4) is 0 Å². The molecule has 0 aliphatic heterocycles. The Kier molecular flexibility index (Phi) is 3.55. The van der Waals surface area contributed by atoms with Crippen LogP contribution in [0.15, 0.2) is 18.6 Å². The quantitative estimate of drug-likeness (QED) is 0.805. The zero-order valence-corrected chi connectivity index (χ0v) is 13.0. The maximum Gasteiger partial charge on any atom is 0.199 e. The van der Waals surface area contributed by atoms with Gasteiger partial charge in [-0.2, -0.15) is 5.10 Å². The molecule has 0 spiro atoms. The van der Waals surface area contributed by atoms with Crippen molar-refractivity contribution in [3.63, 3.8) is 0 Å². The number of nitrogens with one attached hydrogen (secondary N) is 1. The van der Waals surface area contributed by atoms with Crippen molar-refractivity contribution in [3.05, 3.63) is 35.0 Å². The highest BCUT2D eigenvalue weighted by Crippen LogP contribution is 2.24. The lowest BCUT2D eigenvalue weighted by molar-refractivity contribution is 0.802. The third-order valence-corrected chi connectivity index (χ3v) is 3.86. The van der Waals surface area contributed by atoms with Crippen LogP contribution in [0.25, 0.3) is 11.5 Å². The van der Waals surface area contributed by atoms with Crippen molar-refractivity contribution in [1.29, 1.82) is 0 Å². The minimum absolute atomic E-state index is 0.661. The van der Waals surface area contributed by atoms with Gasteiger partial charge in [0.25, 0.3) is 0 Å². The van der Waals surface area contributed by atoms with E-state index in [0.29, 0.717) is 10.8 Å². The van der Waals surface area contributed by atoms with Gasteiger partial charge in [-0.05, 0) is 20.3 Å². The molecule has 3 heterocycles. The van der Waals surface area contributed by atoms with Gasteiger partial charge in [-0.3, -0.25) is 0 Å². The van der Waals surface area contributed by atoms with E-state index in [-0.39, 0.29) is 0 Å². The van der Waals surface area contributed by atoms with Crippen LogP contribution in [0.1, 0.15) is 24.7 Å². The van der Waals surface area contributed by atoms with Gasteiger partial charge < -0.3 is 9.72 Å². The van der Waals surface area contributed by atoms with Crippen LogP contribution >= 0.6 is 11.6 Å². The molecule has 1 N–H and O–H groups in total. The lowest BCUT2D eigenvalue weighted by Crippen LogP contribution is -2.10. The third-order valence-electron chi connectivity index (χ3n) is 3.32. The van der Waals surface area contributed by atoms with Crippen molar-refractivity contribution < 1.29 is 0 Å². The molecule has 21 heavy (non-hydrogen) atoms. The molecule has 0 radical (unpaired) electrons. The second-order valence-corrected chi connectivity index (χ2v) is 5.31. The van der Waals surface area contributed by atoms with Gasteiger partial charge in [0.15, 0.2) is 11.5 Å². The smallest absolute Gasteiger partial charge is 0.199 e. The molecule has 6 nitrogen and oxygen atoms in total. The van der Waals surface area contributed by atoms with Crippen molar-refractivity contribution in [1.82, 2.24) is 24.1 Å². The Morgan fingerprint density at radius 3 is 2.81 bits per heavy atom. The van der Waals surface area contributed by atoms with E-state index in [4.69, 9.17) is 11.6 Å². The zero-order valence-electron chi connectivity index (χ0n) is 12.3. The summed E-state index contributed by atoms with van der Waals surface area (Å²) in [5.41, 5.74) is 2.39. The molecule has 3 aromatic heterocycles. The highest BCUT2D eigenvalue weighted by atomic mass is 35.5. The fourth-order valence-electron chi connectivity index (χ4n) is 2.23. The van der Waals surface area contributed by atoms with Crippen molar-refractivity contribution in [2.24, 2.45) is 0 Å². The van der Waals surface area contributed by atoms with E-state index in [1.54, 1.807) is 10.9 Å². The summed E-state index contributed by atoms with van der Waals surface area (Å²) in [5, 5.41) is 8.43. The largest absolute Gasteiger partial charge is 0.369 e. The summed E-state index contributed by atoms with van der Waals surface area (Å²) in [6.45, 7) is 6.79. The summed E-state index contributed by atoms with van der Waals surface area (Å²) < 4.78 is 3.68. The molecule has 110 valence electrons. The SMILES string of the molecule is CCCNc1cn2ccnc2c(-n2nc(C)c(Cl)c2C)n1. The van der Waals surface area contributed by atoms with E-state index in [0.717, 1.165) is 35.8 Å². The Morgan fingerprint density at radius 1 is 1.33 bits per heavy atom. The van der Waals surface area contributed by atoms with Gasteiger partial charge in [0.05, 0.1) is 22.6 Å². The first kappa shape index (κ1) is 13.9. The summed E-state index contributed by atoms with van der Waals surface area (Å²) in [6.07, 6.45) is 6.60. The Bertz CT molecular complexity index is 788. The molecule has 0 atom stereocenters. The third kappa shape index (κ3) is 2.35. The fourth-order valence-corrected chi connectivity index (χ4v) is 2.34. The summed E-state index contributed by atoms with van der Waals surface area (Å²) in [6, 6.07) is 0. The van der Waals surface area contributed by atoms with Gasteiger partial charge in [-0.1, -0.05) is 18.5 Å². The summed E-state index contributed by atoms with van der Waals surface area (Å²) in [4.78, 5) is 9.01. The molecule has 0 fully saturated rings. The van der Waals surface area contributed by atoms with Gasteiger partial charge >= 0.3 is 0 Å². The Labute approximate surface area is 127 Å². The van der Waals surface area contributed by atoms with Gasteiger partial charge in [-0.25, -0.2) is 14.6 Å². The second-order valence-electron chi connectivity index (χ2n) is 4.93. The number of nitrogens with zero attached hydrogens (tertiary/aromatic N) is 5. The van der Waals surface area contributed by atoms with E-state index in [1.807, 2.05) is 30.6 Å². The molecular weight excluding hydrogens is 288 g/mol. The van der Waals surface area contributed by atoms with Gasteiger partial charge in [0.2, 0.25) is 0 Å². The standard InChI is InChI=1S/C14H17ClN6/c1-4-5-16-11-8-20-7-6-17-13(20)14(18-11)21-10(3)12(15)9(2)19-21/h6-8,16H,4-5H2,1-3H3. The topological polar surface area (TPSA) is 60.0 Å². The molecule has 0 amide bonds. The van der Waals surface area contributed by atoms with E-state index < -0.39 is 0 Å². The van der Waals surface area contributed by atoms with Crippen LogP contribution in [-0.2, 0) is 0 Å². The van der Waals surface area contributed by atoms with Crippen LogP contribution in [0.4, 0.5) is 5.82 Å². The van der Waals surface area contributed by atoms with Crippen molar-refractivity contribution in [2.45, 2.75) is 27.2 Å². The van der Waals surface area contributed by atoms with E-state index in [9.17, 15) is 0 Å². The summed E-state index contributed by atoms with van der Waals surface area (Å²) >= 11 is 6.24. The number of aryl methyl sites for hydroxylation is 1. The second kappa shape index (κ2) is 5.37. The molecule has 7 heteroatoms.